The van der Waals surface area contributed by atoms with Crippen LogP contribution in [0.25, 0.3) is 6.08 Å². The molecule has 1 saturated heterocycles. The molecule has 0 spiro atoms. The van der Waals surface area contributed by atoms with Crippen LogP contribution >= 0.6 is 0 Å². The van der Waals surface area contributed by atoms with Crippen molar-refractivity contribution in [3.8, 4) is 11.5 Å². The highest BCUT2D eigenvalue weighted by molar-refractivity contribution is 5.99. The van der Waals surface area contributed by atoms with Crippen LogP contribution in [0.5, 0.6) is 11.5 Å². The Morgan fingerprint density at radius 3 is 2.81 bits per heavy atom. The molecule has 1 aromatic carbocycles. The molecular weight excluding hydrogens is 352 g/mol. The Hall–Kier alpha value is -2.87. The van der Waals surface area contributed by atoms with Gasteiger partial charge in [0.2, 0.25) is 5.91 Å². The lowest BCUT2D eigenvalue weighted by atomic mass is 9.91. The van der Waals surface area contributed by atoms with Gasteiger partial charge in [0.1, 0.15) is 0 Å². The first-order valence-electron chi connectivity index (χ1n) is 8.74. The van der Waals surface area contributed by atoms with Crippen LogP contribution in [0.2, 0.25) is 0 Å². The highest BCUT2D eigenvalue weighted by atomic mass is 16.7. The minimum atomic E-state index is -0.858. The van der Waals surface area contributed by atoms with E-state index in [2.05, 4.69) is 5.32 Å². The zero-order valence-electron chi connectivity index (χ0n) is 15.4. The predicted molar refractivity (Wildman–Crippen MR) is 98.4 cm³/mol. The van der Waals surface area contributed by atoms with Crippen LogP contribution < -0.4 is 20.5 Å². The van der Waals surface area contributed by atoms with Crippen molar-refractivity contribution in [1.29, 1.82) is 0 Å². The zero-order valence-corrected chi connectivity index (χ0v) is 15.4. The fraction of sp³-hybridized carbons (Fsp3) is 0.421. The van der Waals surface area contributed by atoms with E-state index in [0.29, 0.717) is 30.7 Å². The van der Waals surface area contributed by atoms with Crippen molar-refractivity contribution in [2.24, 2.45) is 11.7 Å². The van der Waals surface area contributed by atoms with E-state index in [1.807, 2.05) is 0 Å². The van der Waals surface area contributed by atoms with Crippen molar-refractivity contribution in [2.75, 3.05) is 20.3 Å². The summed E-state index contributed by atoms with van der Waals surface area (Å²) in [5.41, 5.74) is 6.50. The van der Waals surface area contributed by atoms with Crippen LogP contribution in [0, 0.1) is 5.92 Å². The van der Waals surface area contributed by atoms with Crippen LogP contribution in [0.15, 0.2) is 24.3 Å². The lowest BCUT2D eigenvalue weighted by Gasteiger charge is -2.16. The van der Waals surface area contributed by atoms with Crippen molar-refractivity contribution in [3.05, 3.63) is 29.8 Å². The van der Waals surface area contributed by atoms with Gasteiger partial charge in [0, 0.05) is 12.5 Å². The summed E-state index contributed by atoms with van der Waals surface area (Å²) in [6.45, 7) is 2.37. The first-order valence-corrected chi connectivity index (χ1v) is 8.74. The molecule has 0 saturated carbocycles. The van der Waals surface area contributed by atoms with Gasteiger partial charge in [0.15, 0.2) is 17.3 Å². The van der Waals surface area contributed by atoms with E-state index in [0.717, 1.165) is 0 Å². The predicted octanol–water partition coefficient (Wildman–Crippen LogP) is 1.67. The average Bonchev–Trinajstić information content (AvgIpc) is 2.81. The van der Waals surface area contributed by atoms with Gasteiger partial charge in [-0.2, -0.15) is 0 Å². The number of nitrogens with one attached hydrogen (secondary N) is 1. The quantitative estimate of drug-likeness (QED) is 0.440. The average molecular weight is 376 g/mol. The molecule has 8 heteroatoms. The fourth-order valence-electron chi connectivity index (χ4n) is 2.75. The Bertz CT molecular complexity index is 731. The van der Waals surface area contributed by atoms with Crippen molar-refractivity contribution >= 4 is 23.9 Å². The van der Waals surface area contributed by atoms with Gasteiger partial charge in [0.05, 0.1) is 19.8 Å². The van der Waals surface area contributed by atoms with Crippen LogP contribution in [-0.2, 0) is 14.3 Å². The molecule has 27 heavy (non-hydrogen) atoms. The standard InChI is InChI=1S/C19H24N2O6/c1-3-26-19(24)27-16-11-12(7-9-15(16)25-2)6-8-14(22)13-5-4-10-21-18(23)17(13)20/h6-9,11,13,17H,3-5,10,20H2,1-2H3,(H,21,23). The SMILES string of the molecule is CCOC(=O)Oc1cc(C=CC(=O)C2CCCNC(=O)C2N)ccc1OC. The molecule has 1 aromatic rings. The number of allylic oxidation sites excluding steroid dienone is 1. The molecule has 8 nitrogen and oxygen atoms in total. The number of nitrogens with two attached hydrogens (primary N) is 1. The number of amides is 1. The Labute approximate surface area is 157 Å². The summed E-state index contributed by atoms with van der Waals surface area (Å²) in [4.78, 5) is 35.8. The number of methoxy groups -OCH3 is 1. The summed E-state index contributed by atoms with van der Waals surface area (Å²) >= 11 is 0. The summed E-state index contributed by atoms with van der Waals surface area (Å²) in [6, 6.07) is 4.02. The number of rotatable bonds is 6. The zero-order chi connectivity index (χ0) is 19.8. The summed E-state index contributed by atoms with van der Waals surface area (Å²) in [5.74, 6) is -0.556. The van der Waals surface area contributed by atoms with E-state index in [1.165, 1.54) is 13.2 Å². The molecule has 1 fully saturated rings. The molecule has 2 rings (SSSR count). The second kappa shape index (κ2) is 9.72. The Morgan fingerprint density at radius 2 is 2.11 bits per heavy atom. The summed E-state index contributed by atoms with van der Waals surface area (Å²) in [7, 11) is 1.45. The summed E-state index contributed by atoms with van der Waals surface area (Å²) < 4.78 is 15.0. The van der Waals surface area contributed by atoms with Crippen LogP contribution in [0.4, 0.5) is 4.79 Å². The maximum atomic E-state index is 12.5. The smallest absolute Gasteiger partial charge is 0.493 e. The molecule has 2 atom stereocenters. The first kappa shape index (κ1) is 20.4. The fourth-order valence-corrected chi connectivity index (χ4v) is 2.75. The van der Waals surface area contributed by atoms with E-state index in [9.17, 15) is 14.4 Å². The van der Waals surface area contributed by atoms with Crippen molar-refractivity contribution in [1.82, 2.24) is 5.32 Å². The number of hydrogen-bond donors (Lipinski definition) is 2. The van der Waals surface area contributed by atoms with Gasteiger partial charge in [-0.3, -0.25) is 9.59 Å². The van der Waals surface area contributed by atoms with E-state index in [1.54, 1.807) is 31.2 Å². The molecule has 0 aliphatic carbocycles. The summed E-state index contributed by atoms with van der Waals surface area (Å²) in [6.07, 6.45) is 3.37. The third kappa shape index (κ3) is 5.55. The number of benzene rings is 1. The van der Waals surface area contributed by atoms with Gasteiger partial charge in [-0.05, 0) is 43.5 Å². The van der Waals surface area contributed by atoms with Gasteiger partial charge in [-0.1, -0.05) is 12.1 Å². The van der Waals surface area contributed by atoms with Gasteiger partial charge >= 0.3 is 6.16 Å². The van der Waals surface area contributed by atoms with Crippen molar-refractivity contribution in [3.63, 3.8) is 0 Å². The van der Waals surface area contributed by atoms with Gasteiger partial charge in [-0.15, -0.1) is 0 Å². The van der Waals surface area contributed by atoms with Crippen molar-refractivity contribution < 1.29 is 28.6 Å². The monoisotopic (exact) mass is 376 g/mol. The van der Waals surface area contributed by atoms with E-state index < -0.39 is 18.1 Å². The molecule has 2 unspecified atom stereocenters. The number of ether oxygens (including phenoxy) is 3. The molecule has 1 aliphatic heterocycles. The number of carbonyl (C=O) groups is 3. The van der Waals surface area contributed by atoms with Gasteiger partial charge in [0.25, 0.3) is 0 Å². The minimum absolute atomic E-state index is 0.177. The first-order chi connectivity index (χ1) is 13.0. The molecule has 0 aromatic heterocycles. The molecular formula is C19H24N2O6. The molecule has 146 valence electrons. The van der Waals surface area contributed by atoms with Crippen LogP contribution in [0.3, 0.4) is 0 Å². The molecule has 1 aliphatic rings. The summed E-state index contributed by atoms with van der Waals surface area (Å²) in [5, 5.41) is 2.69. The Balaban J connectivity index is 2.14. The largest absolute Gasteiger partial charge is 0.513 e. The van der Waals surface area contributed by atoms with E-state index >= 15 is 0 Å². The third-order valence-corrected chi connectivity index (χ3v) is 4.18. The molecule has 1 amide bonds. The molecule has 0 radical (unpaired) electrons. The molecule has 0 bridgehead atoms. The van der Waals surface area contributed by atoms with Gasteiger partial charge in [-0.25, -0.2) is 4.79 Å². The van der Waals surface area contributed by atoms with E-state index in [4.69, 9.17) is 19.9 Å². The van der Waals surface area contributed by atoms with Crippen LogP contribution in [0.1, 0.15) is 25.3 Å². The number of ketones is 1. The lowest BCUT2D eigenvalue weighted by Crippen LogP contribution is -2.45. The lowest BCUT2D eigenvalue weighted by molar-refractivity contribution is -0.127. The highest BCUT2D eigenvalue weighted by Crippen LogP contribution is 2.29. The normalized spacial score (nSPS) is 19.9. The number of carbonyl (C=O) groups excluding carboxylic acids is 3. The topological polar surface area (TPSA) is 117 Å². The Kier molecular flexibility index (Phi) is 7.36. The number of hydrogen-bond acceptors (Lipinski definition) is 7. The minimum Gasteiger partial charge on any atom is -0.493 e. The maximum Gasteiger partial charge on any atom is 0.513 e. The Morgan fingerprint density at radius 1 is 1.33 bits per heavy atom. The second-order valence-corrected chi connectivity index (χ2v) is 6.00. The van der Waals surface area contributed by atoms with Crippen LogP contribution in [-0.4, -0.2) is 44.1 Å². The second-order valence-electron chi connectivity index (χ2n) is 6.00. The van der Waals surface area contributed by atoms with E-state index in [-0.39, 0.29) is 24.0 Å². The molecule has 1 heterocycles. The van der Waals surface area contributed by atoms with Crippen molar-refractivity contribution in [2.45, 2.75) is 25.8 Å². The maximum absolute atomic E-state index is 12.5. The van der Waals surface area contributed by atoms with Gasteiger partial charge < -0.3 is 25.3 Å². The third-order valence-electron chi connectivity index (χ3n) is 4.18. The molecule has 3 N–H and O–H groups in total. The highest BCUT2D eigenvalue weighted by Gasteiger charge is 2.30.